The van der Waals surface area contributed by atoms with Gasteiger partial charge in [0, 0.05) is 0 Å². The molecule has 2 N–H and O–H groups in total. The van der Waals surface area contributed by atoms with E-state index in [9.17, 15) is 14.7 Å². The number of aliphatic hydroxyl groups excluding tert-OH is 1. The smallest absolute Gasteiger partial charge is 0.325 e. The van der Waals surface area contributed by atoms with Crippen LogP contribution in [0.15, 0.2) is 24.3 Å². The van der Waals surface area contributed by atoms with E-state index in [4.69, 9.17) is 0 Å². The number of nitrogens with zero attached hydrogens (tertiary/aromatic N) is 1. The second-order valence-electron chi connectivity index (χ2n) is 5.56. The Hall–Kier alpha value is -1.88. The van der Waals surface area contributed by atoms with E-state index in [1.54, 1.807) is 0 Å². The maximum Gasteiger partial charge on any atom is 0.325 e. The highest BCUT2D eigenvalue weighted by atomic mass is 16.3. The molecule has 1 unspecified atom stereocenters. The third-order valence-electron chi connectivity index (χ3n) is 4.27. The molecule has 2 rings (SSSR count). The van der Waals surface area contributed by atoms with Crippen molar-refractivity contribution in [2.45, 2.75) is 45.3 Å². The fourth-order valence-corrected chi connectivity index (χ4v) is 2.64. The Morgan fingerprint density at radius 2 is 1.76 bits per heavy atom. The number of carbonyl (C=O) groups excluding carboxylic acids is 2. The number of imide groups is 1. The number of hydrogen-bond donors (Lipinski definition) is 2. The molecule has 0 spiro atoms. The lowest BCUT2D eigenvalue weighted by atomic mass is 9.93. The average Bonchev–Trinajstić information content (AvgIpc) is 2.72. The van der Waals surface area contributed by atoms with Crippen molar-refractivity contribution in [3.63, 3.8) is 0 Å². The Bertz CT molecular complexity index is 535. The predicted molar refractivity (Wildman–Crippen MR) is 79.7 cm³/mol. The van der Waals surface area contributed by atoms with Crippen LogP contribution in [-0.4, -0.2) is 34.0 Å². The van der Waals surface area contributed by atoms with Crippen molar-refractivity contribution in [1.29, 1.82) is 0 Å². The van der Waals surface area contributed by atoms with Crippen LogP contribution in [-0.2, 0) is 4.79 Å². The Balaban J connectivity index is 2.14. The second kappa shape index (κ2) is 5.85. The van der Waals surface area contributed by atoms with Crippen molar-refractivity contribution >= 4 is 11.9 Å². The molecule has 0 radical (unpaired) electrons. The van der Waals surface area contributed by atoms with E-state index in [1.165, 1.54) is 0 Å². The summed E-state index contributed by atoms with van der Waals surface area (Å²) in [5.74, 6) is -0.247. The van der Waals surface area contributed by atoms with Crippen molar-refractivity contribution in [1.82, 2.24) is 10.2 Å². The van der Waals surface area contributed by atoms with Gasteiger partial charge in [-0.05, 0) is 25.3 Å². The van der Waals surface area contributed by atoms with Crippen molar-refractivity contribution in [3.8, 4) is 0 Å². The maximum atomic E-state index is 12.5. The molecule has 5 heteroatoms. The van der Waals surface area contributed by atoms with Crippen LogP contribution in [0.1, 0.15) is 43.9 Å². The van der Waals surface area contributed by atoms with Gasteiger partial charge in [-0.1, -0.05) is 43.7 Å². The lowest BCUT2D eigenvalue weighted by Crippen LogP contribution is -2.46. The summed E-state index contributed by atoms with van der Waals surface area (Å²) < 4.78 is 0. The molecule has 1 saturated heterocycles. The van der Waals surface area contributed by atoms with Gasteiger partial charge in [0.15, 0.2) is 0 Å². The summed E-state index contributed by atoms with van der Waals surface area (Å²) in [7, 11) is 0. The fraction of sp³-hybridized carbons (Fsp3) is 0.500. The Morgan fingerprint density at radius 3 is 2.24 bits per heavy atom. The quantitative estimate of drug-likeness (QED) is 0.816. The normalized spacial score (nSPS) is 18.8. The molecule has 0 aliphatic carbocycles. The first-order valence-electron chi connectivity index (χ1n) is 7.32. The van der Waals surface area contributed by atoms with Gasteiger partial charge in [-0.3, -0.25) is 9.69 Å². The van der Waals surface area contributed by atoms with Gasteiger partial charge in [-0.15, -0.1) is 0 Å². The van der Waals surface area contributed by atoms with E-state index in [2.05, 4.69) is 5.32 Å². The van der Waals surface area contributed by atoms with Crippen LogP contribution >= 0.6 is 0 Å². The number of amides is 3. The molecule has 0 aromatic heterocycles. The van der Waals surface area contributed by atoms with E-state index < -0.39 is 17.7 Å². The lowest BCUT2D eigenvalue weighted by Gasteiger charge is -2.24. The average molecular weight is 290 g/mol. The number of nitrogens with one attached hydrogen (secondary N) is 1. The molecule has 0 bridgehead atoms. The molecule has 1 aliphatic heterocycles. The van der Waals surface area contributed by atoms with Crippen LogP contribution in [0.4, 0.5) is 4.79 Å². The fourth-order valence-electron chi connectivity index (χ4n) is 2.64. The lowest BCUT2D eigenvalue weighted by molar-refractivity contribution is -0.132. The van der Waals surface area contributed by atoms with Gasteiger partial charge < -0.3 is 10.4 Å². The molecular formula is C16H22N2O3. The molecule has 1 aliphatic rings. The molecule has 1 aromatic carbocycles. The van der Waals surface area contributed by atoms with E-state index in [0.29, 0.717) is 18.4 Å². The number of hydrogen-bond acceptors (Lipinski definition) is 3. The summed E-state index contributed by atoms with van der Waals surface area (Å²) in [6.07, 6.45) is 0.223. The van der Waals surface area contributed by atoms with Crippen molar-refractivity contribution in [2.24, 2.45) is 0 Å². The zero-order chi connectivity index (χ0) is 15.6. The molecule has 1 heterocycles. The van der Waals surface area contributed by atoms with E-state index in [1.807, 2.05) is 45.0 Å². The second-order valence-corrected chi connectivity index (χ2v) is 5.56. The van der Waals surface area contributed by atoms with Crippen LogP contribution in [0.3, 0.4) is 0 Å². The Morgan fingerprint density at radius 1 is 1.19 bits per heavy atom. The van der Waals surface area contributed by atoms with Gasteiger partial charge >= 0.3 is 6.03 Å². The number of urea groups is 1. The molecule has 1 fully saturated rings. The number of benzene rings is 1. The number of rotatable bonds is 5. The zero-order valence-electron chi connectivity index (χ0n) is 12.7. The monoisotopic (exact) mass is 290 g/mol. The molecule has 114 valence electrons. The third kappa shape index (κ3) is 2.78. The van der Waals surface area contributed by atoms with E-state index >= 15 is 0 Å². The van der Waals surface area contributed by atoms with E-state index in [0.717, 1.165) is 10.5 Å². The van der Waals surface area contributed by atoms with Crippen LogP contribution in [0.25, 0.3) is 0 Å². The van der Waals surface area contributed by atoms with Crippen molar-refractivity contribution in [2.75, 3.05) is 6.54 Å². The maximum absolute atomic E-state index is 12.5. The minimum Gasteiger partial charge on any atom is -0.387 e. The van der Waals surface area contributed by atoms with E-state index in [-0.39, 0.29) is 12.5 Å². The standard InChI is InChI=1S/C16H22N2O3/c1-4-16(5-2)14(20)18(15(21)17-16)10-13(19)12-8-6-11(3)7-9-12/h6-9,13,19H,4-5,10H2,1-3H3,(H,17,21). The summed E-state index contributed by atoms with van der Waals surface area (Å²) in [5.41, 5.74) is 0.980. The summed E-state index contributed by atoms with van der Waals surface area (Å²) in [5, 5.41) is 13.0. The van der Waals surface area contributed by atoms with Crippen molar-refractivity contribution in [3.05, 3.63) is 35.4 Å². The highest BCUT2D eigenvalue weighted by Gasteiger charge is 2.49. The first kappa shape index (κ1) is 15.5. The summed E-state index contributed by atoms with van der Waals surface area (Å²) >= 11 is 0. The van der Waals surface area contributed by atoms with Crippen LogP contribution in [0.5, 0.6) is 0 Å². The van der Waals surface area contributed by atoms with Crippen LogP contribution in [0, 0.1) is 6.92 Å². The predicted octanol–water partition coefficient (Wildman–Crippen LogP) is 2.14. The summed E-state index contributed by atoms with van der Waals surface area (Å²) in [6.45, 7) is 5.70. The van der Waals surface area contributed by atoms with Gasteiger partial charge in [-0.25, -0.2) is 4.79 Å². The number of β-amino-alcohol motifs (C(OH)–C–C–N with tert-alkyl or cyclic N) is 1. The molecule has 1 aromatic rings. The zero-order valence-corrected chi connectivity index (χ0v) is 12.7. The minimum absolute atomic E-state index is 0.0184. The Kier molecular flexibility index (Phi) is 4.32. The molecule has 0 saturated carbocycles. The summed E-state index contributed by atoms with van der Waals surface area (Å²) in [4.78, 5) is 25.6. The van der Waals surface area contributed by atoms with Gasteiger partial charge in [-0.2, -0.15) is 0 Å². The topological polar surface area (TPSA) is 69.6 Å². The molecule has 5 nitrogen and oxygen atoms in total. The Labute approximate surface area is 125 Å². The first-order valence-corrected chi connectivity index (χ1v) is 7.32. The summed E-state index contributed by atoms with van der Waals surface area (Å²) in [6, 6.07) is 6.99. The first-order chi connectivity index (χ1) is 9.93. The van der Waals surface area contributed by atoms with Gasteiger partial charge in [0.05, 0.1) is 12.6 Å². The molecular weight excluding hydrogens is 268 g/mol. The van der Waals surface area contributed by atoms with Crippen molar-refractivity contribution < 1.29 is 14.7 Å². The third-order valence-corrected chi connectivity index (χ3v) is 4.27. The number of carbonyl (C=O) groups is 2. The van der Waals surface area contributed by atoms with Gasteiger partial charge in [0.2, 0.25) is 0 Å². The number of aliphatic hydroxyl groups is 1. The van der Waals surface area contributed by atoms with Gasteiger partial charge in [0.25, 0.3) is 5.91 Å². The largest absolute Gasteiger partial charge is 0.387 e. The minimum atomic E-state index is -0.871. The highest BCUT2D eigenvalue weighted by molar-refractivity contribution is 6.07. The molecule has 1 atom stereocenters. The SMILES string of the molecule is CCC1(CC)NC(=O)N(CC(O)c2ccc(C)cc2)C1=O. The van der Waals surface area contributed by atoms with Gasteiger partial charge in [0.1, 0.15) is 5.54 Å². The van der Waals surface area contributed by atoms with Crippen LogP contribution in [0.2, 0.25) is 0 Å². The van der Waals surface area contributed by atoms with Crippen LogP contribution < -0.4 is 5.32 Å². The molecule has 21 heavy (non-hydrogen) atoms. The highest BCUT2D eigenvalue weighted by Crippen LogP contribution is 2.26. The number of aryl methyl sites for hydroxylation is 1. The molecule has 3 amide bonds.